The Balaban J connectivity index is 1.92. The first kappa shape index (κ1) is 19.8. The zero-order chi connectivity index (χ0) is 18.9. The number of hydrogen-bond acceptors (Lipinski definition) is 3. The topological polar surface area (TPSA) is 94.6 Å². The van der Waals surface area contributed by atoms with E-state index in [1.165, 1.54) is 0 Å². The van der Waals surface area contributed by atoms with Gasteiger partial charge >= 0.3 is 0 Å². The van der Waals surface area contributed by atoms with E-state index in [0.717, 1.165) is 17.8 Å². The molecular weight excluding hydrogens is 330 g/mol. The van der Waals surface area contributed by atoms with Crippen LogP contribution in [-0.4, -0.2) is 44.0 Å². The van der Waals surface area contributed by atoms with Gasteiger partial charge < -0.3 is 21.3 Å². The van der Waals surface area contributed by atoms with Crippen molar-refractivity contribution < 1.29 is 9.59 Å². The average molecular weight is 359 g/mol. The van der Waals surface area contributed by atoms with E-state index >= 15 is 0 Å². The zero-order valence-corrected chi connectivity index (χ0v) is 15.8. The van der Waals surface area contributed by atoms with E-state index in [1.54, 1.807) is 0 Å². The molecule has 7 nitrogen and oxygen atoms in total. The smallest absolute Gasteiger partial charge is 0.225 e. The second-order valence-corrected chi connectivity index (χ2v) is 6.63. The fraction of sp³-hybridized carbons (Fsp3) is 0.526. The van der Waals surface area contributed by atoms with Crippen molar-refractivity contribution in [1.82, 2.24) is 16.0 Å². The summed E-state index contributed by atoms with van der Waals surface area (Å²) in [5, 5.41) is 12.2. The van der Waals surface area contributed by atoms with Crippen LogP contribution in [0.15, 0.2) is 29.3 Å². The lowest BCUT2D eigenvalue weighted by Crippen LogP contribution is -2.42. The summed E-state index contributed by atoms with van der Waals surface area (Å²) in [7, 11) is 0. The minimum atomic E-state index is -0.0191. The second kappa shape index (κ2) is 9.79. The first-order valence-electron chi connectivity index (χ1n) is 9.20. The molecule has 1 atom stereocenters. The molecule has 4 N–H and O–H groups in total. The summed E-state index contributed by atoms with van der Waals surface area (Å²) >= 11 is 0. The number of para-hydroxylation sites is 1. The summed E-state index contributed by atoms with van der Waals surface area (Å²) in [6.07, 6.45) is 0.435. The van der Waals surface area contributed by atoms with E-state index in [4.69, 9.17) is 0 Å². The van der Waals surface area contributed by atoms with E-state index in [1.807, 2.05) is 45.0 Å². The summed E-state index contributed by atoms with van der Waals surface area (Å²) in [6, 6.07) is 7.86. The highest BCUT2D eigenvalue weighted by Gasteiger charge is 2.24. The third kappa shape index (κ3) is 5.75. The van der Waals surface area contributed by atoms with Gasteiger partial charge in [0.2, 0.25) is 11.8 Å². The summed E-state index contributed by atoms with van der Waals surface area (Å²) in [5.74, 6) is 0.803. The number of amides is 2. The number of guanidine groups is 1. The van der Waals surface area contributed by atoms with E-state index in [0.29, 0.717) is 32.0 Å². The lowest BCUT2D eigenvalue weighted by molar-refractivity contribution is -0.124. The Bertz CT molecular complexity index is 657. The summed E-state index contributed by atoms with van der Waals surface area (Å²) in [5.41, 5.74) is 1.99. The second-order valence-electron chi connectivity index (χ2n) is 6.63. The molecular formula is C19H29N5O2. The SMILES string of the molecule is CCNC(=NCC1CC(=O)Nc2ccccc21)NCCNC(=O)C(C)C. The van der Waals surface area contributed by atoms with Crippen LogP contribution >= 0.6 is 0 Å². The Hall–Kier alpha value is -2.57. The largest absolute Gasteiger partial charge is 0.357 e. The van der Waals surface area contributed by atoms with Gasteiger partial charge in [-0.2, -0.15) is 0 Å². The van der Waals surface area contributed by atoms with E-state index in [-0.39, 0.29) is 23.7 Å². The number of benzene rings is 1. The Morgan fingerprint density at radius 1 is 1.23 bits per heavy atom. The summed E-state index contributed by atoms with van der Waals surface area (Å²) in [6.45, 7) is 8.13. The lowest BCUT2D eigenvalue weighted by atomic mass is 9.91. The average Bonchev–Trinajstić information content (AvgIpc) is 2.62. The Labute approximate surface area is 155 Å². The number of nitrogens with zero attached hydrogens (tertiary/aromatic N) is 1. The Kier molecular flexibility index (Phi) is 7.44. The minimum absolute atomic E-state index is 0.0191. The first-order chi connectivity index (χ1) is 12.5. The van der Waals surface area contributed by atoms with Crippen LogP contribution in [0.5, 0.6) is 0 Å². The highest BCUT2D eigenvalue weighted by molar-refractivity contribution is 5.94. The van der Waals surface area contributed by atoms with E-state index in [9.17, 15) is 9.59 Å². The molecule has 1 aromatic rings. The third-order valence-electron chi connectivity index (χ3n) is 4.16. The number of rotatable bonds is 7. The normalized spacial score (nSPS) is 16.7. The van der Waals surface area contributed by atoms with Gasteiger partial charge in [-0.15, -0.1) is 0 Å². The van der Waals surface area contributed by atoms with Crippen LogP contribution in [0, 0.1) is 5.92 Å². The fourth-order valence-electron chi connectivity index (χ4n) is 2.78. The van der Waals surface area contributed by atoms with Crippen LogP contribution in [0.2, 0.25) is 0 Å². The van der Waals surface area contributed by atoms with Gasteiger partial charge in [-0.25, -0.2) is 0 Å². The molecule has 1 aliphatic rings. The van der Waals surface area contributed by atoms with Crippen molar-refractivity contribution in [2.45, 2.75) is 33.1 Å². The van der Waals surface area contributed by atoms with Gasteiger partial charge in [-0.3, -0.25) is 14.6 Å². The van der Waals surface area contributed by atoms with Crippen molar-refractivity contribution >= 4 is 23.5 Å². The quantitative estimate of drug-likeness (QED) is 0.337. The summed E-state index contributed by atoms with van der Waals surface area (Å²) < 4.78 is 0. The van der Waals surface area contributed by atoms with Crippen molar-refractivity contribution in [3.8, 4) is 0 Å². The minimum Gasteiger partial charge on any atom is -0.357 e. The third-order valence-corrected chi connectivity index (χ3v) is 4.16. The van der Waals surface area contributed by atoms with Crippen molar-refractivity contribution in [3.05, 3.63) is 29.8 Å². The molecule has 0 spiro atoms. The maximum atomic E-state index is 11.9. The molecule has 0 bridgehead atoms. The molecule has 1 aromatic carbocycles. The highest BCUT2D eigenvalue weighted by Crippen LogP contribution is 2.31. The predicted molar refractivity (Wildman–Crippen MR) is 104 cm³/mol. The first-order valence-corrected chi connectivity index (χ1v) is 9.20. The molecule has 0 aromatic heterocycles. The predicted octanol–water partition coefficient (Wildman–Crippen LogP) is 1.44. The molecule has 0 fully saturated rings. The molecule has 0 radical (unpaired) electrons. The molecule has 26 heavy (non-hydrogen) atoms. The molecule has 1 unspecified atom stereocenters. The van der Waals surface area contributed by atoms with Crippen LogP contribution in [-0.2, 0) is 9.59 Å². The Morgan fingerprint density at radius 3 is 2.69 bits per heavy atom. The van der Waals surface area contributed by atoms with Gasteiger partial charge in [0.05, 0.1) is 6.54 Å². The monoisotopic (exact) mass is 359 g/mol. The molecule has 2 rings (SSSR count). The number of nitrogens with one attached hydrogen (secondary N) is 4. The van der Waals surface area contributed by atoms with Crippen LogP contribution < -0.4 is 21.3 Å². The number of fused-ring (bicyclic) bond motifs is 1. The van der Waals surface area contributed by atoms with Gasteiger partial charge in [0, 0.05) is 43.6 Å². The maximum Gasteiger partial charge on any atom is 0.225 e. The molecule has 142 valence electrons. The zero-order valence-electron chi connectivity index (χ0n) is 15.8. The van der Waals surface area contributed by atoms with Crippen molar-refractivity contribution in [3.63, 3.8) is 0 Å². The number of hydrogen-bond donors (Lipinski definition) is 4. The molecule has 0 saturated heterocycles. The molecule has 0 saturated carbocycles. The number of carbonyl (C=O) groups excluding carboxylic acids is 2. The van der Waals surface area contributed by atoms with Gasteiger partial charge in [0.25, 0.3) is 0 Å². The maximum absolute atomic E-state index is 11.9. The van der Waals surface area contributed by atoms with Crippen LogP contribution in [0.4, 0.5) is 5.69 Å². The molecule has 1 aliphatic heterocycles. The van der Waals surface area contributed by atoms with Gasteiger partial charge in [0.1, 0.15) is 0 Å². The number of carbonyl (C=O) groups is 2. The van der Waals surface area contributed by atoms with Gasteiger partial charge in [-0.05, 0) is 18.6 Å². The van der Waals surface area contributed by atoms with Crippen LogP contribution in [0.25, 0.3) is 0 Å². The number of anilines is 1. The molecule has 1 heterocycles. The fourth-order valence-corrected chi connectivity index (χ4v) is 2.78. The van der Waals surface area contributed by atoms with Gasteiger partial charge in [0.15, 0.2) is 5.96 Å². The van der Waals surface area contributed by atoms with Crippen LogP contribution in [0.1, 0.15) is 38.7 Å². The molecule has 7 heteroatoms. The van der Waals surface area contributed by atoms with Crippen molar-refractivity contribution in [1.29, 1.82) is 0 Å². The summed E-state index contributed by atoms with van der Waals surface area (Å²) in [4.78, 5) is 28.1. The Morgan fingerprint density at radius 2 is 1.96 bits per heavy atom. The van der Waals surface area contributed by atoms with Crippen molar-refractivity contribution in [2.75, 3.05) is 31.5 Å². The number of aliphatic imine (C=N–C) groups is 1. The standard InChI is InChI=1S/C19H29N5O2/c1-4-20-19(22-10-9-21-18(26)13(2)3)23-12-14-11-17(25)24-16-8-6-5-7-15(14)16/h5-8,13-14H,4,9-12H2,1-3H3,(H,21,26)(H,24,25)(H2,20,22,23). The molecule has 0 aliphatic carbocycles. The van der Waals surface area contributed by atoms with Crippen molar-refractivity contribution in [2.24, 2.45) is 10.9 Å². The van der Waals surface area contributed by atoms with E-state index < -0.39 is 0 Å². The van der Waals surface area contributed by atoms with Gasteiger partial charge in [-0.1, -0.05) is 32.0 Å². The van der Waals surface area contributed by atoms with Crippen LogP contribution in [0.3, 0.4) is 0 Å². The van der Waals surface area contributed by atoms with E-state index in [2.05, 4.69) is 26.3 Å². The lowest BCUT2D eigenvalue weighted by Gasteiger charge is -2.24. The highest BCUT2D eigenvalue weighted by atomic mass is 16.2. The molecule has 2 amide bonds.